The minimum absolute atomic E-state index is 0.00930. The van der Waals surface area contributed by atoms with Gasteiger partial charge in [-0.25, -0.2) is 13.4 Å². The topological polar surface area (TPSA) is 102 Å². The van der Waals surface area contributed by atoms with Gasteiger partial charge < -0.3 is 11.1 Å². The summed E-state index contributed by atoms with van der Waals surface area (Å²) in [5.41, 5.74) is 7.51. The summed E-state index contributed by atoms with van der Waals surface area (Å²) in [5, 5.41) is 4.22. The molecule has 6 nitrogen and oxygen atoms in total. The van der Waals surface area contributed by atoms with Crippen LogP contribution in [0.25, 0.3) is 10.8 Å². The molecule has 1 aromatic heterocycles. The first-order valence-electron chi connectivity index (χ1n) is 7.03. The lowest BCUT2D eigenvalue weighted by Crippen LogP contribution is -2.36. The average Bonchev–Trinajstić information content (AvgIpc) is 2.78. The van der Waals surface area contributed by atoms with Crippen molar-refractivity contribution in [3.8, 4) is 0 Å². The molecule has 1 aliphatic rings. The number of aryl methyl sites for hydroxylation is 1. The van der Waals surface area contributed by atoms with Crippen molar-refractivity contribution in [2.24, 2.45) is 0 Å². The molecule has 3 rings (SSSR count). The Kier molecular flexibility index (Phi) is 3.52. The van der Waals surface area contributed by atoms with Crippen LogP contribution < -0.4 is 11.1 Å². The standard InChI is InChI=1S/C15H17N3O3S/c1-9-7-12-11(3-2-4-13(12)16)14(17-9)15(19)18-10-5-6-22(20,21)8-10/h2-4,7,10H,5-6,8,16H2,1H3,(H,18,19). The zero-order valence-corrected chi connectivity index (χ0v) is 13.0. The summed E-state index contributed by atoms with van der Waals surface area (Å²) >= 11 is 0. The smallest absolute Gasteiger partial charge is 0.270 e. The van der Waals surface area contributed by atoms with Crippen LogP contribution >= 0.6 is 0 Å². The maximum atomic E-state index is 12.5. The number of carbonyl (C=O) groups excluding carboxylic acids is 1. The van der Waals surface area contributed by atoms with Crippen molar-refractivity contribution in [2.45, 2.75) is 19.4 Å². The number of nitrogens with zero attached hydrogens (tertiary/aromatic N) is 1. The van der Waals surface area contributed by atoms with Crippen molar-refractivity contribution < 1.29 is 13.2 Å². The van der Waals surface area contributed by atoms with Crippen LogP contribution in [-0.4, -0.2) is 36.9 Å². The third kappa shape index (κ3) is 2.76. The Morgan fingerprint density at radius 1 is 1.36 bits per heavy atom. The van der Waals surface area contributed by atoms with Crippen LogP contribution in [0.3, 0.4) is 0 Å². The number of hydrogen-bond acceptors (Lipinski definition) is 5. The van der Waals surface area contributed by atoms with E-state index in [1.54, 1.807) is 25.1 Å². The van der Waals surface area contributed by atoms with Gasteiger partial charge in [-0.2, -0.15) is 0 Å². The van der Waals surface area contributed by atoms with Crippen molar-refractivity contribution >= 4 is 32.2 Å². The van der Waals surface area contributed by atoms with Crippen molar-refractivity contribution in [3.05, 3.63) is 35.7 Å². The number of aromatic nitrogens is 1. The molecule has 3 N–H and O–H groups in total. The molecule has 1 unspecified atom stereocenters. The van der Waals surface area contributed by atoms with Crippen LogP contribution in [0.2, 0.25) is 0 Å². The first kappa shape index (κ1) is 14.8. The Bertz CT molecular complexity index is 862. The summed E-state index contributed by atoms with van der Waals surface area (Å²) in [5.74, 6) is -0.251. The summed E-state index contributed by atoms with van der Waals surface area (Å²) in [6.07, 6.45) is 0.444. The van der Waals surface area contributed by atoms with Gasteiger partial charge in [-0.05, 0) is 25.5 Å². The molecule has 22 heavy (non-hydrogen) atoms. The van der Waals surface area contributed by atoms with Gasteiger partial charge in [0.05, 0.1) is 11.5 Å². The quantitative estimate of drug-likeness (QED) is 0.805. The lowest BCUT2D eigenvalue weighted by Gasteiger charge is -2.13. The molecule has 116 valence electrons. The SMILES string of the molecule is Cc1cc2c(N)cccc2c(C(=O)NC2CCS(=O)(=O)C2)n1. The molecule has 0 radical (unpaired) electrons. The molecule has 2 aromatic rings. The summed E-state index contributed by atoms with van der Waals surface area (Å²) in [4.78, 5) is 16.8. The van der Waals surface area contributed by atoms with Crippen molar-refractivity contribution in [3.63, 3.8) is 0 Å². The molecular formula is C15H17N3O3S. The molecule has 7 heteroatoms. The monoisotopic (exact) mass is 319 g/mol. The number of hydrogen-bond donors (Lipinski definition) is 2. The predicted molar refractivity (Wildman–Crippen MR) is 85.4 cm³/mol. The molecule has 0 bridgehead atoms. The Hall–Kier alpha value is -2.15. The number of benzene rings is 1. The number of nitrogens with two attached hydrogens (primary N) is 1. The molecule has 0 aliphatic carbocycles. The number of rotatable bonds is 2. The number of nitrogen functional groups attached to an aromatic ring is 1. The largest absolute Gasteiger partial charge is 0.398 e. The second kappa shape index (κ2) is 5.24. The lowest BCUT2D eigenvalue weighted by atomic mass is 10.1. The van der Waals surface area contributed by atoms with Gasteiger partial charge in [0.25, 0.3) is 5.91 Å². The summed E-state index contributed by atoms with van der Waals surface area (Å²) in [6.45, 7) is 1.79. The van der Waals surface area contributed by atoms with Crippen molar-refractivity contribution in [1.82, 2.24) is 10.3 Å². The third-order valence-corrected chi connectivity index (χ3v) is 5.59. The van der Waals surface area contributed by atoms with Gasteiger partial charge in [0, 0.05) is 28.2 Å². The van der Waals surface area contributed by atoms with E-state index in [-0.39, 0.29) is 29.1 Å². The van der Waals surface area contributed by atoms with E-state index in [0.717, 1.165) is 5.39 Å². The molecule has 1 aromatic carbocycles. The van der Waals surface area contributed by atoms with Crippen LogP contribution in [0.1, 0.15) is 22.6 Å². The first-order valence-corrected chi connectivity index (χ1v) is 8.85. The van der Waals surface area contributed by atoms with E-state index in [1.165, 1.54) is 0 Å². The number of anilines is 1. The second-order valence-corrected chi connectivity index (χ2v) is 7.86. The average molecular weight is 319 g/mol. The fourth-order valence-electron chi connectivity index (χ4n) is 2.76. The van der Waals surface area contributed by atoms with E-state index in [0.29, 0.717) is 23.2 Å². The summed E-state index contributed by atoms with van der Waals surface area (Å²) in [6, 6.07) is 6.81. The predicted octanol–water partition coefficient (Wildman–Crippen LogP) is 1.04. The summed E-state index contributed by atoms with van der Waals surface area (Å²) < 4.78 is 23.0. The van der Waals surface area contributed by atoms with Crippen LogP contribution in [0, 0.1) is 6.92 Å². The maximum absolute atomic E-state index is 12.5. The molecule has 1 saturated heterocycles. The molecule has 0 spiro atoms. The molecule has 0 saturated carbocycles. The highest BCUT2D eigenvalue weighted by molar-refractivity contribution is 7.91. The summed E-state index contributed by atoms with van der Waals surface area (Å²) in [7, 11) is -3.04. The Morgan fingerprint density at radius 2 is 2.14 bits per heavy atom. The molecule has 2 heterocycles. The highest BCUT2D eigenvalue weighted by atomic mass is 32.2. The zero-order chi connectivity index (χ0) is 15.9. The second-order valence-electron chi connectivity index (χ2n) is 5.63. The number of carbonyl (C=O) groups is 1. The lowest BCUT2D eigenvalue weighted by molar-refractivity contribution is 0.0938. The van der Waals surface area contributed by atoms with Crippen molar-refractivity contribution in [1.29, 1.82) is 0 Å². The van der Waals surface area contributed by atoms with E-state index >= 15 is 0 Å². The first-order chi connectivity index (χ1) is 10.4. The number of pyridine rings is 1. The fraction of sp³-hybridized carbons (Fsp3) is 0.333. The fourth-order valence-corrected chi connectivity index (χ4v) is 4.44. The molecule has 1 atom stereocenters. The van der Waals surface area contributed by atoms with Gasteiger partial charge in [0.2, 0.25) is 0 Å². The van der Waals surface area contributed by atoms with Gasteiger partial charge >= 0.3 is 0 Å². The molecule has 1 fully saturated rings. The Balaban J connectivity index is 1.96. The van der Waals surface area contributed by atoms with E-state index in [4.69, 9.17) is 5.73 Å². The van der Waals surface area contributed by atoms with Gasteiger partial charge in [0.1, 0.15) is 5.69 Å². The van der Waals surface area contributed by atoms with Gasteiger partial charge in [-0.15, -0.1) is 0 Å². The number of sulfone groups is 1. The number of amides is 1. The highest BCUT2D eigenvalue weighted by Crippen LogP contribution is 2.24. The van der Waals surface area contributed by atoms with E-state index < -0.39 is 9.84 Å². The van der Waals surface area contributed by atoms with Crippen molar-refractivity contribution in [2.75, 3.05) is 17.2 Å². The highest BCUT2D eigenvalue weighted by Gasteiger charge is 2.29. The third-order valence-electron chi connectivity index (χ3n) is 3.82. The van der Waals surface area contributed by atoms with Crippen LogP contribution in [-0.2, 0) is 9.84 Å². The minimum Gasteiger partial charge on any atom is -0.398 e. The molecule has 1 amide bonds. The van der Waals surface area contributed by atoms with E-state index in [2.05, 4.69) is 10.3 Å². The Labute approximate surface area is 128 Å². The Morgan fingerprint density at radius 3 is 2.82 bits per heavy atom. The zero-order valence-electron chi connectivity index (χ0n) is 12.2. The van der Waals surface area contributed by atoms with Gasteiger partial charge in [0.15, 0.2) is 9.84 Å². The van der Waals surface area contributed by atoms with Crippen LogP contribution in [0.4, 0.5) is 5.69 Å². The number of nitrogens with one attached hydrogen (secondary N) is 1. The van der Waals surface area contributed by atoms with Gasteiger partial charge in [-0.3, -0.25) is 4.79 Å². The normalized spacial score (nSPS) is 20.1. The molecule has 1 aliphatic heterocycles. The minimum atomic E-state index is -3.04. The maximum Gasteiger partial charge on any atom is 0.270 e. The van der Waals surface area contributed by atoms with E-state index in [9.17, 15) is 13.2 Å². The van der Waals surface area contributed by atoms with Crippen LogP contribution in [0.15, 0.2) is 24.3 Å². The van der Waals surface area contributed by atoms with E-state index in [1.807, 2.05) is 6.07 Å². The van der Waals surface area contributed by atoms with Crippen LogP contribution in [0.5, 0.6) is 0 Å². The molecular weight excluding hydrogens is 302 g/mol. The number of fused-ring (bicyclic) bond motifs is 1. The van der Waals surface area contributed by atoms with Gasteiger partial charge in [-0.1, -0.05) is 12.1 Å².